The van der Waals surface area contributed by atoms with Crippen LogP contribution >= 0.6 is 0 Å². The Labute approximate surface area is 134 Å². The van der Waals surface area contributed by atoms with Crippen molar-refractivity contribution in [3.05, 3.63) is 48.5 Å². The van der Waals surface area contributed by atoms with Crippen LogP contribution in [0.5, 0.6) is 5.75 Å². The first-order chi connectivity index (χ1) is 10.9. The number of carbonyl (C=O) groups is 1. The molecule has 0 bridgehead atoms. The summed E-state index contributed by atoms with van der Waals surface area (Å²) in [4.78, 5) is 17.2. The Bertz CT molecular complexity index is 875. The van der Waals surface area contributed by atoms with Gasteiger partial charge in [-0.15, -0.1) is 0 Å². The molecule has 3 aromatic rings. The van der Waals surface area contributed by atoms with Gasteiger partial charge < -0.3 is 9.84 Å². The molecular formula is C18H18N2O3. The number of para-hydroxylation sites is 3. The Morgan fingerprint density at radius 1 is 1.09 bits per heavy atom. The number of nitrogens with zero attached hydrogens (tertiary/aromatic N) is 2. The van der Waals surface area contributed by atoms with Crippen molar-refractivity contribution in [1.29, 1.82) is 0 Å². The highest BCUT2D eigenvalue weighted by atomic mass is 16.6. The summed E-state index contributed by atoms with van der Waals surface area (Å²) in [5.74, 6) is 0.422. The van der Waals surface area contributed by atoms with Crippen molar-refractivity contribution in [2.75, 3.05) is 0 Å². The molecule has 0 saturated heterocycles. The van der Waals surface area contributed by atoms with Gasteiger partial charge in [-0.2, -0.15) is 0 Å². The standard InChI is InChI=1S/C18H18N2O3/c1-18(2,3)23-17(22)20-14-10-6-5-9-13(14)19-16(20)12-8-4-7-11-15(12)21/h4-11,21H,1-3H3. The van der Waals surface area contributed by atoms with Crippen LogP contribution < -0.4 is 0 Å². The van der Waals surface area contributed by atoms with E-state index < -0.39 is 11.7 Å². The van der Waals surface area contributed by atoms with Crippen LogP contribution in [0.25, 0.3) is 22.4 Å². The molecule has 0 aliphatic heterocycles. The van der Waals surface area contributed by atoms with Gasteiger partial charge in [0.25, 0.3) is 0 Å². The van der Waals surface area contributed by atoms with Crippen LogP contribution in [0.15, 0.2) is 48.5 Å². The number of aromatic nitrogens is 2. The maximum Gasteiger partial charge on any atom is 0.420 e. The highest BCUT2D eigenvalue weighted by Crippen LogP contribution is 2.31. The van der Waals surface area contributed by atoms with Crippen LogP contribution in [-0.2, 0) is 4.74 Å². The Morgan fingerprint density at radius 3 is 2.43 bits per heavy atom. The molecule has 2 aromatic carbocycles. The minimum atomic E-state index is -0.627. The molecular weight excluding hydrogens is 292 g/mol. The molecule has 5 nitrogen and oxygen atoms in total. The summed E-state index contributed by atoms with van der Waals surface area (Å²) in [6.07, 6.45) is -0.524. The van der Waals surface area contributed by atoms with Gasteiger partial charge in [-0.1, -0.05) is 24.3 Å². The number of fused-ring (bicyclic) bond motifs is 1. The number of aromatic hydroxyl groups is 1. The lowest BCUT2D eigenvalue weighted by Crippen LogP contribution is -2.27. The van der Waals surface area contributed by atoms with Crippen LogP contribution in [0.4, 0.5) is 4.79 Å². The van der Waals surface area contributed by atoms with Crippen molar-refractivity contribution in [1.82, 2.24) is 9.55 Å². The molecule has 1 N–H and O–H groups in total. The zero-order chi connectivity index (χ0) is 16.6. The van der Waals surface area contributed by atoms with Gasteiger partial charge in [0.2, 0.25) is 0 Å². The summed E-state index contributed by atoms with van der Waals surface area (Å²) < 4.78 is 6.89. The average molecular weight is 310 g/mol. The van der Waals surface area contributed by atoms with Gasteiger partial charge >= 0.3 is 6.09 Å². The third-order valence-corrected chi connectivity index (χ3v) is 3.28. The number of phenols is 1. The van der Waals surface area contributed by atoms with Gasteiger partial charge in [0, 0.05) is 0 Å². The van der Waals surface area contributed by atoms with E-state index >= 15 is 0 Å². The summed E-state index contributed by atoms with van der Waals surface area (Å²) >= 11 is 0. The van der Waals surface area contributed by atoms with Crippen LogP contribution in [-0.4, -0.2) is 26.4 Å². The molecule has 0 aliphatic carbocycles. The maximum atomic E-state index is 12.7. The smallest absolute Gasteiger partial charge is 0.420 e. The van der Waals surface area contributed by atoms with E-state index in [0.29, 0.717) is 22.4 Å². The van der Waals surface area contributed by atoms with Gasteiger partial charge in [-0.3, -0.25) is 0 Å². The number of imidazole rings is 1. The minimum Gasteiger partial charge on any atom is -0.507 e. The molecule has 0 unspecified atom stereocenters. The quantitative estimate of drug-likeness (QED) is 0.732. The monoisotopic (exact) mass is 310 g/mol. The first-order valence-electron chi connectivity index (χ1n) is 7.36. The Balaban J connectivity index is 2.24. The molecule has 5 heteroatoms. The van der Waals surface area contributed by atoms with Crippen molar-refractivity contribution in [3.63, 3.8) is 0 Å². The van der Waals surface area contributed by atoms with E-state index in [9.17, 15) is 9.90 Å². The first kappa shape index (κ1) is 15.1. The zero-order valence-corrected chi connectivity index (χ0v) is 13.3. The third-order valence-electron chi connectivity index (χ3n) is 3.28. The van der Waals surface area contributed by atoms with Gasteiger partial charge in [0.15, 0.2) is 5.82 Å². The van der Waals surface area contributed by atoms with E-state index in [1.165, 1.54) is 4.57 Å². The van der Waals surface area contributed by atoms with Crippen LogP contribution in [0.3, 0.4) is 0 Å². The SMILES string of the molecule is CC(C)(C)OC(=O)n1c(-c2ccccc2O)nc2ccccc21. The Kier molecular flexibility index (Phi) is 3.56. The highest BCUT2D eigenvalue weighted by Gasteiger charge is 2.24. The van der Waals surface area contributed by atoms with Crippen molar-refractivity contribution >= 4 is 17.1 Å². The fourth-order valence-corrected chi connectivity index (χ4v) is 2.36. The van der Waals surface area contributed by atoms with Gasteiger partial charge in [-0.25, -0.2) is 14.3 Å². The normalized spacial score (nSPS) is 11.6. The number of hydrogen-bond donors (Lipinski definition) is 1. The molecule has 1 aromatic heterocycles. The average Bonchev–Trinajstić information content (AvgIpc) is 2.85. The number of benzene rings is 2. The second-order valence-corrected chi connectivity index (χ2v) is 6.26. The lowest BCUT2D eigenvalue weighted by atomic mass is 10.2. The molecule has 0 atom stereocenters. The number of phenolic OH excluding ortho intramolecular Hbond substituents is 1. The van der Waals surface area contributed by atoms with Crippen molar-refractivity contribution in [3.8, 4) is 17.1 Å². The Morgan fingerprint density at radius 2 is 1.74 bits per heavy atom. The lowest BCUT2D eigenvalue weighted by Gasteiger charge is -2.20. The molecule has 0 amide bonds. The van der Waals surface area contributed by atoms with Crippen molar-refractivity contribution < 1.29 is 14.6 Å². The molecule has 0 aliphatic rings. The molecule has 0 radical (unpaired) electrons. The summed E-state index contributed by atoms with van der Waals surface area (Å²) in [6.45, 7) is 5.43. The third kappa shape index (κ3) is 2.90. The fourth-order valence-electron chi connectivity index (χ4n) is 2.36. The molecule has 0 saturated carbocycles. The number of ether oxygens (including phenoxy) is 1. The number of rotatable bonds is 1. The fraction of sp³-hybridized carbons (Fsp3) is 0.222. The topological polar surface area (TPSA) is 64.3 Å². The molecule has 118 valence electrons. The molecule has 3 rings (SSSR count). The molecule has 23 heavy (non-hydrogen) atoms. The largest absolute Gasteiger partial charge is 0.507 e. The summed E-state index contributed by atoms with van der Waals surface area (Å²) in [5, 5.41) is 10.1. The summed E-state index contributed by atoms with van der Waals surface area (Å²) in [5.41, 5.74) is 1.16. The number of carbonyl (C=O) groups excluding carboxylic acids is 1. The van der Waals surface area contributed by atoms with E-state index in [0.717, 1.165) is 0 Å². The van der Waals surface area contributed by atoms with Crippen molar-refractivity contribution in [2.24, 2.45) is 0 Å². The van der Waals surface area contributed by atoms with E-state index in [4.69, 9.17) is 4.74 Å². The van der Waals surface area contributed by atoms with Gasteiger partial charge in [0.05, 0.1) is 16.6 Å². The summed E-state index contributed by atoms with van der Waals surface area (Å²) in [7, 11) is 0. The Hall–Kier alpha value is -2.82. The highest BCUT2D eigenvalue weighted by molar-refractivity contribution is 5.92. The van der Waals surface area contributed by atoms with Crippen LogP contribution in [0, 0.1) is 0 Å². The van der Waals surface area contributed by atoms with Crippen LogP contribution in [0.1, 0.15) is 20.8 Å². The van der Waals surface area contributed by atoms with Crippen LogP contribution in [0.2, 0.25) is 0 Å². The van der Waals surface area contributed by atoms with Gasteiger partial charge in [-0.05, 0) is 45.0 Å². The molecule has 1 heterocycles. The van der Waals surface area contributed by atoms with Gasteiger partial charge in [0.1, 0.15) is 11.4 Å². The predicted octanol–water partition coefficient (Wildman–Crippen LogP) is 4.19. The zero-order valence-electron chi connectivity index (χ0n) is 13.3. The van der Waals surface area contributed by atoms with Crippen molar-refractivity contribution in [2.45, 2.75) is 26.4 Å². The van der Waals surface area contributed by atoms with E-state index in [1.807, 2.05) is 39.0 Å². The van der Waals surface area contributed by atoms with E-state index in [2.05, 4.69) is 4.98 Å². The van der Waals surface area contributed by atoms with E-state index in [1.54, 1.807) is 30.3 Å². The minimum absolute atomic E-state index is 0.0626. The first-order valence-corrected chi connectivity index (χ1v) is 7.36. The lowest BCUT2D eigenvalue weighted by molar-refractivity contribution is 0.0546. The molecule has 0 fully saturated rings. The second-order valence-electron chi connectivity index (χ2n) is 6.26. The van der Waals surface area contributed by atoms with E-state index in [-0.39, 0.29) is 5.75 Å². The molecule has 0 spiro atoms. The summed E-state index contributed by atoms with van der Waals surface area (Å²) in [6, 6.07) is 14.1. The predicted molar refractivity (Wildman–Crippen MR) is 88.5 cm³/mol. The number of hydrogen-bond acceptors (Lipinski definition) is 4. The maximum absolute atomic E-state index is 12.7. The second kappa shape index (κ2) is 5.43.